The van der Waals surface area contributed by atoms with Crippen molar-refractivity contribution in [3.8, 4) is 5.75 Å². The van der Waals surface area contributed by atoms with Crippen LogP contribution in [0.1, 0.15) is 21.5 Å². The lowest BCUT2D eigenvalue weighted by atomic mass is 10.1. The first-order valence-corrected chi connectivity index (χ1v) is 9.26. The number of phenols is 1. The Bertz CT molecular complexity index is 1090. The number of ether oxygens (including phenoxy) is 1. The van der Waals surface area contributed by atoms with Crippen molar-refractivity contribution in [3.05, 3.63) is 83.4 Å². The third-order valence-electron chi connectivity index (χ3n) is 4.25. The van der Waals surface area contributed by atoms with Crippen LogP contribution in [0.15, 0.2) is 77.0 Å². The van der Waals surface area contributed by atoms with Crippen molar-refractivity contribution in [1.82, 2.24) is 0 Å². The molecule has 0 saturated carbocycles. The number of aromatic hydroxyl groups is 1. The zero-order valence-corrected chi connectivity index (χ0v) is 16.6. The van der Waals surface area contributed by atoms with E-state index in [1.165, 1.54) is 12.1 Å². The van der Waals surface area contributed by atoms with Crippen LogP contribution >= 0.6 is 0 Å². The van der Waals surface area contributed by atoms with Gasteiger partial charge in [0.25, 0.3) is 5.91 Å². The molecule has 0 aromatic heterocycles. The highest BCUT2D eigenvalue weighted by Crippen LogP contribution is 2.24. The summed E-state index contributed by atoms with van der Waals surface area (Å²) >= 11 is 0. The smallest absolute Gasteiger partial charge is 0.340 e. The number of esters is 1. The molecule has 0 aliphatic rings. The number of anilines is 1. The van der Waals surface area contributed by atoms with E-state index in [-0.39, 0.29) is 11.3 Å². The predicted molar refractivity (Wildman–Crippen MR) is 114 cm³/mol. The van der Waals surface area contributed by atoms with E-state index in [1.807, 2.05) is 32.0 Å². The van der Waals surface area contributed by atoms with Crippen LogP contribution in [-0.4, -0.2) is 23.6 Å². The van der Waals surface area contributed by atoms with E-state index in [4.69, 9.17) is 4.74 Å². The van der Waals surface area contributed by atoms with Crippen molar-refractivity contribution < 1.29 is 19.4 Å². The van der Waals surface area contributed by atoms with Crippen molar-refractivity contribution in [3.63, 3.8) is 0 Å². The second-order valence-electron chi connectivity index (χ2n) is 6.68. The molecule has 7 heteroatoms. The van der Waals surface area contributed by atoms with Gasteiger partial charge in [0.05, 0.1) is 11.3 Å². The maximum absolute atomic E-state index is 12.5. The molecule has 7 nitrogen and oxygen atoms in total. The van der Waals surface area contributed by atoms with Crippen molar-refractivity contribution in [2.75, 3.05) is 11.9 Å². The molecule has 0 unspecified atom stereocenters. The van der Waals surface area contributed by atoms with Gasteiger partial charge in [0.2, 0.25) is 0 Å². The van der Waals surface area contributed by atoms with Crippen molar-refractivity contribution >= 4 is 28.9 Å². The molecule has 3 aromatic rings. The molecule has 0 radical (unpaired) electrons. The van der Waals surface area contributed by atoms with E-state index in [9.17, 15) is 14.7 Å². The van der Waals surface area contributed by atoms with Gasteiger partial charge < -0.3 is 15.2 Å². The number of phenolic OH excluding ortho intramolecular Hbond substituents is 1. The molecule has 0 bridgehead atoms. The van der Waals surface area contributed by atoms with E-state index in [0.29, 0.717) is 17.1 Å². The summed E-state index contributed by atoms with van der Waals surface area (Å²) in [7, 11) is 0. The standard InChI is InChI=1S/C23H21N3O4/c1-15-7-8-16(2)21(13-15)24-22(28)14-30-23(29)19-5-3-4-6-20(19)26-25-17-9-11-18(27)12-10-17/h3-13,27H,14H2,1-2H3,(H,24,28). The fourth-order valence-electron chi connectivity index (χ4n) is 2.63. The maximum atomic E-state index is 12.5. The molecular weight excluding hydrogens is 382 g/mol. The first-order chi connectivity index (χ1) is 14.4. The fourth-order valence-corrected chi connectivity index (χ4v) is 2.63. The Labute approximate surface area is 174 Å². The maximum Gasteiger partial charge on any atom is 0.340 e. The Hall–Kier alpha value is -4.00. The lowest BCUT2D eigenvalue weighted by Crippen LogP contribution is -2.21. The summed E-state index contributed by atoms with van der Waals surface area (Å²) in [5.41, 5.74) is 3.63. The van der Waals surface area contributed by atoms with Crippen LogP contribution in [0.3, 0.4) is 0 Å². The lowest BCUT2D eigenvalue weighted by molar-refractivity contribution is -0.119. The normalized spacial score (nSPS) is 10.7. The van der Waals surface area contributed by atoms with Crippen LogP contribution < -0.4 is 5.32 Å². The Balaban J connectivity index is 1.65. The highest BCUT2D eigenvalue weighted by molar-refractivity contribution is 5.98. The van der Waals surface area contributed by atoms with Gasteiger partial charge in [-0.25, -0.2) is 4.79 Å². The number of nitrogens with zero attached hydrogens (tertiary/aromatic N) is 2. The molecule has 0 fully saturated rings. The minimum atomic E-state index is -0.675. The molecular formula is C23H21N3O4. The summed E-state index contributed by atoms with van der Waals surface area (Å²) in [6.07, 6.45) is 0. The van der Waals surface area contributed by atoms with Crippen LogP contribution in [0.25, 0.3) is 0 Å². The predicted octanol–water partition coefficient (Wildman–Crippen LogP) is 5.22. The molecule has 0 aliphatic heterocycles. The van der Waals surface area contributed by atoms with Gasteiger partial charge >= 0.3 is 5.97 Å². The second-order valence-corrected chi connectivity index (χ2v) is 6.68. The molecule has 30 heavy (non-hydrogen) atoms. The van der Waals surface area contributed by atoms with Crippen LogP contribution in [0, 0.1) is 13.8 Å². The van der Waals surface area contributed by atoms with E-state index < -0.39 is 18.5 Å². The zero-order valence-electron chi connectivity index (χ0n) is 16.6. The van der Waals surface area contributed by atoms with Crippen LogP contribution in [0.2, 0.25) is 0 Å². The van der Waals surface area contributed by atoms with E-state index >= 15 is 0 Å². The summed E-state index contributed by atoms with van der Waals surface area (Å²) in [4.78, 5) is 24.6. The van der Waals surface area contributed by atoms with E-state index in [2.05, 4.69) is 15.5 Å². The summed E-state index contributed by atoms with van der Waals surface area (Å²) in [6, 6.07) is 18.4. The van der Waals surface area contributed by atoms with Crippen LogP contribution in [-0.2, 0) is 9.53 Å². The highest BCUT2D eigenvalue weighted by Gasteiger charge is 2.15. The second kappa shape index (κ2) is 9.47. The van der Waals surface area contributed by atoms with Crippen LogP contribution in [0.4, 0.5) is 17.1 Å². The number of carbonyl (C=O) groups is 2. The topological polar surface area (TPSA) is 100 Å². The fraction of sp³-hybridized carbons (Fsp3) is 0.130. The van der Waals surface area contributed by atoms with Gasteiger partial charge in [0.1, 0.15) is 11.4 Å². The molecule has 1 amide bonds. The monoisotopic (exact) mass is 403 g/mol. The third-order valence-corrected chi connectivity index (χ3v) is 4.25. The van der Waals surface area contributed by atoms with Crippen molar-refractivity contribution in [1.29, 1.82) is 0 Å². The number of azo groups is 1. The summed E-state index contributed by atoms with van der Waals surface area (Å²) in [5.74, 6) is -0.983. The summed E-state index contributed by atoms with van der Waals surface area (Å²) < 4.78 is 5.15. The van der Waals surface area contributed by atoms with Gasteiger partial charge in [0, 0.05) is 5.69 Å². The molecule has 2 N–H and O–H groups in total. The minimum Gasteiger partial charge on any atom is -0.508 e. The molecule has 0 heterocycles. The Morgan fingerprint density at radius 1 is 0.967 bits per heavy atom. The summed E-state index contributed by atoms with van der Waals surface area (Å²) in [6.45, 7) is 3.39. The molecule has 0 saturated heterocycles. The SMILES string of the molecule is Cc1ccc(C)c(NC(=O)COC(=O)c2ccccc2N=Nc2ccc(O)cc2)c1. The number of rotatable bonds is 6. The number of carbonyl (C=O) groups excluding carboxylic acids is 2. The van der Waals surface area contributed by atoms with Crippen LogP contribution in [0.5, 0.6) is 5.75 Å². The number of hydrogen-bond acceptors (Lipinski definition) is 6. The first kappa shape index (κ1) is 20.7. The molecule has 0 aliphatic carbocycles. The van der Waals surface area contributed by atoms with Gasteiger partial charge in [0.15, 0.2) is 6.61 Å². The number of hydrogen-bond donors (Lipinski definition) is 2. The number of benzene rings is 3. The molecule has 3 aromatic carbocycles. The molecule has 0 atom stereocenters. The quantitative estimate of drug-likeness (QED) is 0.435. The van der Waals surface area contributed by atoms with Gasteiger partial charge in [-0.2, -0.15) is 5.11 Å². The molecule has 0 spiro atoms. The van der Waals surface area contributed by atoms with E-state index in [1.54, 1.807) is 36.4 Å². The lowest BCUT2D eigenvalue weighted by Gasteiger charge is -2.10. The number of aryl methyl sites for hydroxylation is 2. The van der Waals surface area contributed by atoms with E-state index in [0.717, 1.165) is 11.1 Å². The van der Waals surface area contributed by atoms with Gasteiger partial charge in [-0.15, -0.1) is 5.11 Å². The highest BCUT2D eigenvalue weighted by atomic mass is 16.5. The zero-order chi connectivity index (χ0) is 21.5. The Morgan fingerprint density at radius 3 is 2.47 bits per heavy atom. The van der Waals surface area contributed by atoms with Gasteiger partial charge in [-0.05, 0) is 67.4 Å². The van der Waals surface area contributed by atoms with Crippen molar-refractivity contribution in [2.45, 2.75) is 13.8 Å². The Kier molecular flexibility index (Phi) is 6.54. The van der Waals surface area contributed by atoms with Crippen molar-refractivity contribution in [2.24, 2.45) is 10.2 Å². The number of nitrogens with one attached hydrogen (secondary N) is 1. The average molecular weight is 403 g/mol. The average Bonchev–Trinajstić information content (AvgIpc) is 2.74. The number of amides is 1. The summed E-state index contributed by atoms with van der Waals surface area (Å²) in [5, 5.41) is 20.2. The third kappa shape index (κ3) is 5.51. The minimum absolute atomic E-state index is 0.122. The largest absolute Gasteiger partial charge is 0.508 e. The Morgan fingerprint density at radius 2 is 1.70 bits per heavy atom. The molecule has 3 rings (SSSR count). The van der Waals surface area contributed by atoms with Gasteiger partial charge in [-0.3, -0.25) is 4.79 Å². The first-order valence-electron chi connectivity index (χ1n) is 9.26. The van der Waals surface area contributed by atoms with Gasteiger partial charge in [-0.1, -0.05) is 24.3 Å². The molecule has 152 valence electrons.